The van der Waals surface area contributed by atoms with Gasteiger partial charge in [0.25, 0.3) is 5.91 Å². The lowest BCUT2D eigenvalue weighted by Gasteiger charge is -2.23. The van der Waals surface area contributed by atoms with E-state index >= 15 is 0 Å². The van der Waals surface area contributed by atoms with Crippen LogP contribution in [0.4, 0.5) is 0 Å². The molecule has 20 heavy (non-hydrogen) atoms. The Balaban J connectivity index is 1.82. The van der Waals surface area contributed by atoms with Gasteiger partial charge in [-0.25, -0.2) is 4.98 Å². The van der Waals surface area contributed by atoms with Gasteiger partial charge in [-0.15, -0.1) is 0 Å². The van der Waals surface area contributed by atoms with E-state index in [9.17, 15) is 4.79 Å². The Morgan fingerprint density at radius 3 is 3.00 bits per heavy atom. The van der Waals surface area contributed by atoms with Crippen LogP contribution >= 0.6 is 0 Å². The fraction of sp³-hybridized carbons (Fsp3) is 0.500. The minimum absolute atomic E-state index is 0.00440. The summed E-state index contributed by atoms with van der Waals surface area (Å²) in [4.78, 5) is 16.4. The number of carbonyl (C=O) groups is 1. The highest BCUT2D eigenvalue weighted by Crippen LogP contribution is 2.29. The highest BCUT2D eigenvalue weighted by molar-refractivity contribution is 5.92. The van der Waals surface area contributed by atoms with Crippen molar-refractivity contribution in [1.82, 2.24) is 20.1 Å². The molecule has 1 N–H and O–H groups in total. The zero-order valence-electron chi connectivity index (χ0n) is 11.9. The highest BCUT2D eigenvalue weighted by atomic mass is 16.4. The third-order valence-corrected chi connectivity index (χ3v) is 3.79. The van der Waals surface area contributed by atoms with Gasteiger partial charge in [0.05, 0.1) is 17.9 Å². The Hall–Kier alpha value is -2.11. The first-order valence-electron chi connectivity index (χ1n) is 6.82. The smallest absolute Gasteiger partial charge is 0.289 e. The van der Waals surface area contributed by atoms with E-state index in [1.807, 2.05) is 17.9 Å². The maximum Gasteiger partial charge on any atom is 0.289 e. The van der Waals surface area contributed by atoms with Crippen LogP contribution in [0.25, 0.3) is 0 Å². The molecule has 1 aliphatic carbocycles. The highest BCUT2D eigenvalue weighted by Gasteiger charge is 2.26. The Kier molecular flexibility index (Phi) is 3.08. The van der Waals surface area contributed by atoms with Crippen molar-refractivity contribution in [3.05, 3.63) is 34.8 Å². The number of carbonyl (C=O) groups excluding carboxylic acids is 1. The SMILES string of the molecule is Cc1nc(C)c(C(=O)NC2CCCc3c2cnn3C)o1. The Labute approximate surface area is 117 Å². The van der Waals surface area contributed by atoms with Crippen LogP contribution in [-0.2, 0) is 13.5 Å². The summed E-state index contributed by atoms with van der Waals surface area (Å²) in [5.74, 6) is 0.613. The van der Waals surface area contributed by atoms with Crippen LogP contribution in [0, 0.1) is 13.8 Å². The van der Waals surface area contributed by atoms with Crippen LogP contribution in [0.5, 0.6) is 0 Å². The minimum atomic E-state index is -0.204. The predicted molar refractivity (Wildman–Crippen MR) is 72.3 cm³/mol. The first-order valence-corrected chi connectivity index (χ1v) is 6.82. The van der Waals surface area contributed by atoms with E-state index in [2.05, 4.69) is 15.4 Å². The van der Waals surface area contributed by atoms with Gasteiger partial charge in [-0.2, -0.15) is 5.10 Å². The van der Waals surface area contributed by atoms with Crippen molar-refractivity contribution in [2.24, 2.45) is 7.05 Å². The molecule has 2 heterocycles. The Morgan fingerprint density at radius 2 is 2.30 bits per heavy atom. The zero-order chi connectivity index (χ0) is 14.3. The van der Waals surface area contributed by atoms with Gasteiger partial charge in [0, 0.05) is 25.2 Å². The molecule has 1 amide bonds. The van der Waals surface area contributed by atoms with E-state index in [1.165, 1.54) is 5.69 Å². The third-order valence-electron chi connectivity index (χ3n) is 3.79. The van der Waals surface area contributed by atoms with E-state index in [1.54, 1.807) is 13.8 Å². The van der Waals surface area contributed by atoms with Crippen molar-refractivity contribution in [1.29, 1.82) is 0 Å². The fourth-order valence-electron chi connectivity index (χ4n) is 2.82. The molecule has 1 unspecified atom stereocenters. The van der Waals surface area contributed by atoms with Crippen molar-refractivity contribution in [3.8, 4) is 0 Å². The minimum Gasteiger partial charge on any atom is -0.436 e. The second-order valence-electron chi connectivity index (χ2n) is 5.24. The number of oxazole rings is 1. The predicted octanol–water partition coefficient (Wildman–Crippen LogP) is 1.83. The van der Waals surface area contributed by atoms with Gasteiger partial charge < -0.3 is 9.73 Å². The number of nitrogens with zero attached hydrogens (tertiary/aromatic N) is 3. The molecule has 1 atom stereocenters. The molecule has 0 fully saturated rings. The summed E-state index contributed by atoms with van der Waals surface area (Å²) in [6.45, 7) is 3.52. The standard InChI is InChI=1S/C14H18N4O2/c1-8-13(20-9(2)16-8)14(19)17-11-5-4-6-12-10(11)7-15-18(12)3/h7,11H,4-6H2,1-3H3,(H,17,19). The summed E-state index contributed by atoms with van der Waals surface area (Å²) in [6.07, 6.45) is 4.83. The maximum absolute atomic E-state index is 12.3. The van der Waals surface area contributed by atoms with Crippen molar-refractivity contribution < 1.29 is 9.21 Å². The van der Waals surface area contributed by atoms with Gasteiger partial charge in [-0.05, 0) is 26.2 Å². The summed E-state index contributed by atoms with van der Waals surface area (Å²) in [5, 5.41) is 7.31. The largest absolute Gasteiger partial charge is 0.436 e. The molecule has 106 valence electrons. The average molecular weight is 274 g/mol. The number of hydrogen-bond donors (Lipinski definition) is 1. The summed E-state index contributed by atoms with van der Waals surface area (Å²) >= 11 is 0. The fourth-order valence-corrected chi connectivity index (χ4v) is 2.82. The summed E-state index contributed by atoms with van der Waals surface area (Å²) in [6, 6.07) is 0.00440. The van der Waals surface area contributed by atoms with Crippen LogP contribution < -0.4 is 5.32 Å². The lowest BCUT2D eigenvalue weighted by Crippen LogP contribution is -2.31. The summed E-state index contributed by atoms with van der Waals surface area (Å²) in [7, 11) is 1.94. The number of fused-ring (bicyclic) bond motifs is 1. The van der Waals surface area contributed by atoms with Crippen molar-refractivity contribution in [3.63, 3.8) is 0 Å². The van der Waals surface area contributed by atoms with Crippen molar-refractivity contribution in [2.45, 2.75) is 39.2 Å². The van der Waals surface area contributed by atoms with E-state index in [4.69, 9.17) is 4.42 Å². The quantitative estimate of drug-likeness (QED) is 0.906. The van der Waals surface area contributed by atoms with E-state index in [0.29, 0.717) is 17.3 Å². The molecule has 0 saturated carbocycles. The number of aromatic nitrogens is 3. The molecule has 1 aliphatic rings. The van der Waals surface area contributed by atoms with Gasteiger partial charge in [0.1, 0.15) is 0 Å². The Bertz CT molecular complexity index is 656. The molecule has 0 spiro atoms. The van der Waals surface area contributed by atoms with E-state index < -0.39 is 0 Å². The topological polar surface area (TPSA) is 73.0 Å². The molecule has 0 aromatic carbocycles. The monoisotopic (exact) mass is 274 g/mol. The first kappa shape index (κ1) is 12.9. The van der Waals surface area contributed by atoms with Crippen molar-refractivity contribution >= 4 is 5.91 Å². The first-order chi connectivity index (χ1) is 9.56. The Morgan fingerprint density at radius 1 is 1.50 bits per heavy atom. The lowest BCUT2D eigenvalue weighted by molar-refractivity contribution is 0.0902. The van der Waals surface area contributed by atoms with Crippen LogP contribution in [0.15, 0.2) is 10.6 Å². The molecule has 0 aliphatic heterocycles. The molecule has 0 bridgehead atoms. The molecule has 2 aromatic heterocycles. The molecular weight excluding hydrogens is 256 g/mol. The lowest BCUT2D eigenvalue weighted by atomic mass is 9.93. The third kappa shape index (κ3) is 2.11. The molecule has 2 aromatic rings. The van der Waals surface area contributed by atoms with Gasteiger partial charge in [0.2, 0.25) is 5.76 Å². The number of aryl methyl sites for hydroxylation is 3. The van der Waals surface area contributed by atoms with Gasteiger partial charge >= 0.3 is 0 Å². The van der Waals surface area contributed by atoms with Crippen LogP contribution in [0.1, 0.15) is 52.3 Å². The second-order valence-corrected chi connectivity index (χ2v) is 5.24. The average Bonchev–Trinajstić information content (AvgIpc) is 2.94. The molecule has 0 radical (unpaired) electrons. The molecule has 6 nitrogen and oxygen atoms in total. The normalized spacial score (nSPS) is 17.9. The molecular formula is C14H18N4O2. The van der Waals surface area contributed by atoms with Crippen LogP contribution in [0.3, 0.4) is 0 Å². The maximum atomic E-state index is 12.3. The number of amides is 1. The number of rotatable bonds is 2. The molecule has 6 heteroatoms. The van der Waals surface area contributed by atoms with Crippen LogP contribution in [0.2, 0.25) is 0 Å². The molecule has 3 rings (SSSR count). The summed E-state index contributed by atoms with van der Waals surface area (Å²) in [5.41, 5.74) is 2.94. The van der Waals surface area contributed by atoms with Gasteiger partial charge in [-0.1, -0.05) is 0 Å². The van der Waals surface area contributed by atoms with E-state index in [0.717, 1.165) is 24.8 Å². The number of hydrogen-bond acceptors (Lipinski definition) is 4. The van der Waals surface area contributed by atoms with E-state index in [-0.39, 0.29) is 11.9 Å². The van der Waals surface area contributed by atoms with Gasteiger partial charge in [-0.3, -0.25) is 9.48 Å². The zero-order valence-corrected chi connectivity index (χ0v) is 11.9. The van der Waals surface area contributed by atoms with Gasteiger partial charge in [0.15, 0.2) is 5.89 Å². The number of nitrogens with one attached hydrogen (secondary N) is 1. The molecule has 0 saturated heterocycles. The van der Waals surface area contributed by atoms with Crippen LogP contribution in [-0.4, -0.2) is 20.7 Å². The van der Waals surface area contributed by atoms with Crippen molar-refractivity contribution in [2.75, 3.05) is 0 Å². The second kappa shape index (κ2) is 4.77. The summed E-state index contributed by atoms with van der Waals surface area (Å²) < 4.78 is 7.25.